The van der Waals surface area contributed by atoms with Gasteiger partial charge in [-0.05, 0) is 31.4 Å². The molecule has 0 unspecified atom stereocenters. The van der Waals surface area contributed by atoms with Crippen LogP contribution in [0.25, 0.3) is 0 Å². The van der Waals surface area contributed by atoms with Crippen molar-refractivity contribution in [1.29, 1.82) is 0 Å². The third-order valence-corrected chi connectivity index (χ3v) is 5.80. The van der Waals surface area contributed by atoms with Gasteiger partial charge in [-0.1, -0.05) is 12.1 Å². The fourth-order valence-corrected chi connectivity index (χ4v) is 4.18. The number of nitrogens with zero attached hydrogens (tertiary/aromatic N) is 4. The molecule has 3 heterocycles. The van der Waals surface area contributed by atoms with E-state index in [9.17, 15) is 9.59 Å². The molecule has 0 radical (unpaired) electrons. The Bertz CT molecular complexity index is 930. The van der Waals surface area contributed by atoms with Gasteiger partial charge in [0.1, 0.15) is 5.75 Å². The Balaban J connectivity index is 1.61. The average Bonchev–Trinajstić information content (AvgIpc) is 2.77. The topological polar surface area (TPSA) is 75.6 Å². The van der Waals surface area contributed by atoms with Gasteiger partial charge in [0.25, 0.3) is 5.91 Å². The van der Waals surface area contributed by atoms with Crippen LogP contribution in [0, 0.1) is 0 Å². The summed E-state index contributed by atoms with van der Waals surface area (Å²) in [5.74, 6) is 1.30. The molecule has 2 aliphatic heterocycles. The second-order valence-corrected chi connectivity index (χ2v) is 7.60. The van der Waals surface area contributed by atoms with Crippen molar-refractivity contribution in [1.82, 2.24) is 19.8 Å². The molecule has 2 amide bonds. The molecule has 0 bridgehead atoms. The Morgan fingerprint density at radius 3 is 2.79 bits per heavy atom. The Kier molecular flexibility index (Phi) is 5.47. The molecular formula is C22H26N4O3. The van der Waals surface area contributed by atoms with E-state index in [1.807, 2.05) is 34.2 Å². The van der Waals surface area contributed by atoms with Crippen LogP contribution in [-0.2, 0) is 17.8 Å². The largest absolute Gasteiger partial charge is 0.496 e. The van der Waals surface area contributed by atoms with Crippen LogP contribution in [0.3, 0.4) is 0 Å². The molecule has 0 saturated carbocycles. The number of rotatable bonds is 3. The van der Waals surface area contributed by atoms with Crippen molar-refractivity contribution in [3.8, 4) is 5.75 Å². The summed E-state index contributed by atoms with van der Waals surface area (Å²) < 4.78 is 5.39. The van der Waals surface area contributed by atoms with Gasteiger partial charge in [0.2, 0.25) is 5.91 Å². The maximum atomic E-state index is 13.3. The molecule has 1 fully saturated rings. The van der Waals surface area contributed by atoms with Gasteiger partial charge in [0.05, 0.1) is 24.4 Å². The molecule has 152 valence electrons. The molecule has 1 aromatic heterocycles. The standard InChI is InChI=1S/C22H26N4O3/c1-15(27)25-12-10-18-16(14-25)13-23-21(24-18)19-8-5-6-11-26(19)22(28)17-7-3-4-9-20(17)29-2/h3-4,7,9,13,19H,5-6,8,10-12,14H2,1-2H3/t19-/m1/s1. The maximum Gasteiger partial charge on any atom is 0.258 e. The minimum Gasteiger partial charge on any atom is -0.496 e. The molecule has 1 saturated heterocycles. The lowest BCUT2D eigenvalue weighted by Crippen LogP contribution is -2.40. The highest BCUT2D eigenvalue weighted by Crippen LogP contribution is 2.32. The van der Waals surface area contributed by atoms with Gasteiger partial charge >= 0.3 is 0 Å². The molecule has 29 heavy (non-hydrogen) atoms. The zero-order valence-electron chi connectivity index (χ0n) is 16.9. The zero-order valence-corrected chi connectivity index (χ0v) is 16.9. The van der Waals surface area contributed by atoms with Crippen LogP contribution in [0.5, 0.6) is 5.75 Å². The SMILES string of the molecule is COc1ccccc1C(=O)N1CCCC[C@@H]1c1ncc2c(n1)CCN(C(C)=O)C2. The van der Waals surface area contributed by atoms with E-state index >= 15 is 0 Å². The van der Waals surface area contributed by atoms with E-state index in [-0.39, 0.29) is 17.9 Å². The number of benzene rings is 1. The predicted molar refractivity (Wildman–Crippen MR) is 107 cm³/mol. The Labute approximate surface area is 170 Å². The van der Waals surface area contributed by atoms with Crippen molar-refractivity contribution in [2.45, 2.75) is 45.2 Å². The molecule has 0 N–H and O–H groups in total. The van der Waals surface area contributed by atoms with E-state index < -0.39 is 0 Å². The predicted octanol–water partition coefficient (Wildman–Crippen LogP) is 2.76. The number of piperidine rings is 1. The number of hydrogen-bond acceptors (Lipinski definition) is 5. The van der Waals surface area contributed by atoms with Gasteiger partial charge in [0, 0.05) is 44.7 Å². The average molecular weight is 394 g/mol. The van der Waals surface area contributed by atoms with Gasteiger partial charge in [-0.15, -0.1) is 0 Å². The van der Waals surface area contributed by atoms with Crippen molar-refractivity contribution in [2.24, 2.45) is 0 Å². The number of aromatic nitrogens is 2. The van der Waals surface area contributed by atoms with Crippen LogP contribution in [-0.4, -0.2) is 51.8 Å². The summed E-state index contributed by atoms with van der Waals surface area (Å²) in [6.07, 6.45) is 5.40. The van der Waals surface area contributed by atoms with Crippen molar-refractivity contribution in [3.63, 3.8) is 0 Å². The smallest absolute Gasteiger partial charge is 0.258 e. The first kappa shape index (κ1) is 19.4. The molecule has 1 aromatic carbocycles. The number of carbonyl (C=O) groups excluding carboxylic acids is 2. The monoisotopic (exact) mass is 394 g/mol. The summed E-state index contributed by atoms with van der Waals surface area (Å²) in [5, 5.41) is 0. The number of para-hydroxylation sites is 1. The fourth-order valence-electron chi connectivity index (χ4n) is 4.18. The molecular weight excluding hydrogens is 368 g/mol. The second-order valence-electron chi connectivity index (χ2n) is 7.60. The van der Waals surface area contributed by atoms with Crippen molar-refractivity contribution in [2.75, 3.05) is 20.2 Å². The maximum absolute atomic E-state index is 13.3. The van der Waals surface area contributed by atoms with Crippen molar-refractivity contribution >= 4 is 11.8 Å². The molecule has 2 aromatic rings. The van der Waals surface area contributed by atoms with E-state index in [1.165, 1.54) is 0 Å². The van der Waals surface area contributed by atoms with E-state index in [0.29, 0.717) is 36.8 Å². The summed E-state index contributed by atoms with van der Waals surface area (Å²) in [5.41, 5.74) is 2.55. The summed E-state index contributed by atoms with van der Waals surface area (Å²) in [4.78, 5) is 38.1. The van der Waals surface area contributed by atoms with E-state index in [4.69, 9.17) is 9.72 Å². The summed E-state index contributed by atoms with van der Waals surface area (Å²) in [7, 11) is 1.58. The third kappa shape index (κ3) is 3.81. The Morgan fingerprint density at radius 2 is 2.00 bits per heavy atom. The Morgan fingerprint density at radius 1 is 1.17 bits per heavy atom. The van der Waals surface area contributed by atoms with Gasteiger partial charge in [-0.2, -0.15) is 0 Å². The fraction of sp³-hybridized carbons (Fsp3) is 0.455. The zero-order chi connectivity index (χ0) is 20.4. The molecule has 4 rings (SSSR count). The lowest BCUT2D eigenvalue weighted by Gasteiger charge is -2.35. The molecule has 1 atom stereocenters. The summed E-state index contributed by atoms with van der Waals surface area (Å²) in [6.45, 7) is 3.50. The minimum atomic E-state index is -0.141. The normalized spacial score (nSPS) is 18.9. The first-order valence-corrected chi connectivity index (χ1v) is 10.1. The number of methoxy groups -OCH3 is 1. The number of ether oxygens (including phenoxy) is 1. The lowest BCUT2D eigenvalue weighted by atomic mass is 9.99. The number of hydrogen-bond donors (Lipinski definition) is 0. The van der Waals surface area contributed by atoms with Crippen LogP contribution in [0.4, 0.5) is 0 Å². The van der Waals surface area contributed by atoms with E-state index in [2.05, 4.69) is 4.98 Å². The highest BCUT2D eigenvalue weighted by atomic mass is 16.5. The first-order valence-electron chi connectivity index (χ1n) is 10.1. The second kappa shape index (κ2) is 8.19. The quantitative estimate of drug-likeness (QED) is 0.800. The van der Waals surface area contributed by atoms with E-state index in [0.717, 1.165) is 36.9 Å². The number of carbonyl (C=O) groups is 2. The Hall–Kier alpha value is -2.96. The van der Waals surface area contributed by atoms with Gasteiger partial charge in [-0.25, -0.2) is 9.97 Å². The van der Waals surface area contributed by atoms with Gasteiger partial charge in [0.15, 0.2) is 5.82 Å². The number of likely N-dealkylation sites (tertiary alicyclic amines) is 1. The van der Waals surface area contributed by atoms with Crippen LogP contribution >= 0.6 is 0 Å². The lowest BCUT2D eigenvalue weighted by molar-refractivity contribution is -0.129. The summed E-state index contributed by atoms with van der Waals surface area (Å²) >= 11 is 0. The minimum absolute atomic E-state index is 0.0452. The number of amides is 2. The van der Waals surface area contributed by atoms with Crippen LogP contribution in [0.15, 0.2) is 30.5 Å². The molecule has 7 heteroatoms. The van der Waals surface area contributed by atoms with Gasteiger partial charge in [-0.3, -0.25) is 9.59 Å². The van der Waals surface area contributed by atoms with Crippen molar-refractivity contribution in [3.05, 3.63) is 53.1 Å². The molecule has 7 nitrogen and oxygen atoms in total. The van der Waals surface area contributed by atoms with Crippen LogP contribution < -0.4 is 4.74 Å². The van der Waals surface area contributed by atoms with Crippen LogP contribution in [0.2, 0.25) is 0 Å². The first-order chi connectivity index (χ1) is 14.1. The molecule has 0 spiro atoms. The van der Waals surface area contributed by atoms with E-state index in [1.54, 1.807) is 20.1 Å². The van der Waals surface area contributed by atoms with Crippen LogP contribution in [0.1, 0.15) is 59.7 Å². The molecule has 2 aliphatic rings. The van der Waals surface area contributed by atoms with Crippen molar-refractivity contribution < 1.29 is 14.3 Å². The highest BCUT2D eigenvalue weighted by molar-refractivity contribution is 5.97. The third-order valence-electron chi connectivity index (χ3n) is 5.80. The summed E-state index contributed by atoms with van der Waals surface area (Å²) in [6, 6.07) is 7.18. The molecule has 0 aliphatic carbocycles. The highest BCUT2D eigenvalue weighted by Gasteiger charge is 2.32. The number of fused-ring (bicyclic) bond motifs is 1. The van der Waals surface area contributed by atoms with Gasteiger partial charge < -0.3 is 14.5 Å².